The summed E-state index contributed by atoms with van der Waals surface area (Å²) < 4.78 is 10.8. The van der Waals surface area contributed by atoms with E-state index in [1.165, 1.54) is 0 Å². The fourth-order valence-corrected chi connectivity index (χ4v) is 2.59. The summed E-state index contributed by atoms with van der Waals surface area (Å²) in [6.45, 7) is 7.61. The third kappa shape index (κ3) is 8.13. The number of nitrogens with one attached hydrogen (secondary N) is 3. The number of hydrogen-bond donors (Lipinski definition) is 3. The van der Waals surface area contributed by atoms with Crippen molar-refractivity contribution in [1.82, 2.24) is 5.32 Å². The molecule has 30 heavy (non-hydrogen) atoms. The van der Waals surface area contributed by atoms with E-state index < -0.39 is 0 Å². The molecule has 0 spiro atoms. The van der Waals surface area contributed by atoms with Gasteiger partial charge in [-0.25, -0.2) is 0 Å². The first kappa shape index (κ1) is 23.2. The van der Waals surface area contributed by atoms with E-state index in [1.807, 2.05) is 39.0 Å². The molecule has 7 heteroatoms. The third-order valence-corrected chi connectivity index (χ3v) is 4.39. The zero-order valence-electron chi connectivity index (χ0n) is 17.9. The molecule has 0 saturated heterocycles. The molecule has 0 heterocycles. The van der Waals surface area contributed by atoms with Gasteiger partial charge >= 0.3 is 0 Å². The molecule has 162 valence electrons. The van der Waals surface area contributed by atoms with Crippen LogP contribution in [0.4, 0.5) is 11.4 Å². The molecule has 2 aromatic carbocycles. The Bertz CT molecular complexity index is 826. The first-order chi connectivity index (χ1) is 14.5. The molecule has 0 saturated carbocycles. The van der Waals surface area contributed by atoms with Crippen LogP contribution >= 0.6 is 0 Å². The number of rotatable bonds is 12. The number of carbonyl (C=O) groups excluding carboxylic acids is 2. The maximum absolute atomic E-state index is 12.3. The van der Waals surface area contributed by atoms with Gasteiger partial charge in [-0.3, -0.25) is 9.59 Å². The summed E-state index contributed by atoms with van der Waals surface area (Å²) in [5.41, 5.74) is 1.91. The molecule has 1 atom stereocenters. The summed E-state index contributed by atoms with van der Waals surface area (Å²) in [6, 6.07) is 14.4. The van der Waals surface area contributed by atoms with E-state index in [2.05, 4.69) is 16.0 Å². The Morgan fingerprint density at radius 2 is 1.77 bits per heavy atom. The lowest BCUT2D eigenvalue weighted by atomic mass is 10.1. The van der Waals surface area contributed by atoms with Gasteiger partial charge in [0.2, 0.25) is 5.91 Å². The van der Waals surface area contributed by atoms with Crippen LogP contribution in [0.25, 0.3) is 0 Å². The van der Waals surface area contributed by atoms with Crippen LogP contribution < -0.4 is 20.7 Å². The van der Waals surface area contributed by atoms with Crippen molar-refractivity contribution in [2.45, 2.75) is 33.2 Å². The second-order valence-electron chi connectivity index (χ2n) is 6.84. The monoisotopic (exact) mass is 413 g/mol. The molecule has 0 aliphatic carbocycles. The minimum Gasteiger partial charge on any atom is -0.491 e. The highest BCUT2D eigenvalue weighted by Crippen LogP contribution is 2.17. The normalized spacial score (nSPS) is 11.4. The summed E-state index contributed by atoms with van der Waals surface area (Å²) in [6.07, 6.45) is 0.864. The zero-order chi connectivity index (χ0) is 21.8. The van der Waals surface area contributed by atoms with Gasteiger partial charge in [0.05, 0.1) is 13.2 Å². The van der Waals surface area contributed by atoms with Crippen molar-refractivity contribution >= 4 is 23.2 Å². The fourth-order valence-electron chi connectivity index (χ4n) is 2.59. The Kier molecular flexibility index (Phi) is 9.67. The second-order valence-corrected chi connectivity index (χ2v) is 6.84. The highest BCUT2D eigenvalue weighted by atomic mass is 16.5. The number of hydrogen-bond acceptors (Lipinski definition) is 5. The summed E-state index contributed by atoms with van der Waals surface area (Å²) in [5.74, 6) is 0.343. The average molecular weight is 414 g/mol. The quantitative estimate of drug-likeness (QED) is 0.462. The van der Waals surface area contributed by atoms with Crippen molar-refractivity contribution in [3.05, 3.63) is 54.1 Å². The van der Waals surface area contributed by atoms with Crippen LogP contribution in [0.15, 0.2) is 48.5 Å². The van der Waals surface area contributed by atoms with Crippen molar-refractivity contribution in [1.29, 1.82) is 0 Å². The van der Waals surface area contributed by atoms with Crippen LogP contribution in [0.3, 0.4) is 0 Å². The van der Waals surface area contributed by atoms with Crippen molar-refractivity contribution in [2.75, 3.05) is 37.0 Å². The summed E-state index contributed by atoms with van der Waals surface area (Å²) in [5, 5.41) is 8.82. The zero-order valence-corrected chi connectivity index (χ0v) is 17.9. The highest BCUT2D eigenvalue weighted by molar-refractivity contribution is 5.96. The standard InChI is InChI=1S/C23H31N3O4/c1-4-17(3)25-23(28)18-8-6-9-19(14-18)24-16-22(27)26-20-10-7-11-21(15-20)30-13-12-29-5-2/h6-11,14-15,17,24H,4-5,12-13,16H2,1-3H3,(H,25,28)(H,26,27). The Morgan fingerprint density at radius 3 is 2.53 bits per heavy atom. The molecule has 0 bridgehead atoms. The summed E-state index contributed by atoms with van der Waals surface area (Å²) in [4.78, 5) is 24.5. The van der Waals surface area contributed by atoms with Crippen LogP contribution in [0, 0.1) is 0 Å². The lowest BCUT2D eigenvalue weighted by Gasteiger charge is -2.13. The van der Waals surface area contributed by atoms with E-state index in [1.54, 1.807) is 30.3 Å². The SMILES string of the molecule is CCOCCOc1cccc(NC(=O)CNc2cccc(C(=O)NC(C)CC)c2)c1. The first-order valence-corrected chi connectivity index (χ1v) is 10.3. The van der Waals surface area contributed by atoms with E-state index in [9.17, 15) is 9.59 Å². The molecular weight excluding hydrogens is 382 g/mol. The summed E-state index contributed by atoms with van der Waals surface area (Å²) >= 11 is 0. The molecule has 2 rings (SSSR count). The number of ether oxygens (including phenoxy) is 2. The smallest absolute Gasteiger partial charge is 0.251 e. The van der Waals surface area contributed by atoms with Crippen molar-refractivity contribution < 1.29 is 19.1 Å². The van der Waals surface area contributed by atoms with Gasteiger partial charge in [0, 0.05) is 35.7 Å². The van der Waals surface area contributed by atoms with Crippen molar-refractivity contribution in [3.63, 3.8) is 0 Å². The van der Waals surface area contributed by atoms with Crippen LogP contribution in [0.1, 0.15) is 37.6 Å². The predicted molar refractivity (Wildman–Crippen MR) is 119 cm³/mol. The molecule has 7 nitrogen and oxygen atoms in total. The maximum Gasteiger partial charge on any atom is 0.251 e. The molecule has 2 aromatic rings. The van der Waals surface area contributed by atoms with E-state index >= 15 is 0 Å². The van der Waals surface area contributed by atoms with E-state index in [4.69, 9.17) is 9.47 Å². The van der Waals surface area contributed by atoms with E-state index in [0.29, 0.717) is 42.5 Å². The molecule has 3 N–H and O–H groups in total. The van der Waals surface area contributed by atoms with Crippen molar-refractivity contribution in [3.8, 4) is 5.75 Å². The molecule has 0 fully saturated rings. The third-order valence-electron chi connectivity index (χ3n) is 4.39. The van der Waals surface area contributed by atoms with Gasteiger partial charge in [0.15, 0.2) is 0 Å². The van der Waals surface area contributed by atoms with E-state index in [0.717, 1.165) is 6.42 Å². The molecule has 0 aliphatic heterocycles. The van der Waals surface area contributed by atoms with Crippen LogP contribution in [0.2, 0.25) is 0 Å². The number of anilines is 2. The number of carbonyl (C=O) groups is 2. The topological polar surface area (TPSA) is 88.7 Å². The molecule has 1 unspecified atom stereocenters. The van der Waals surface area contributed by atoms with Gasteiger partial charge in [-0.05, 0) is 50.6 Å². The van der Waals surface area contributed by atoms with Crippen LogP contribution in [0.5, 0.6) is 5.75 Å². The minimum atomic E-state index is -0.198. The van der Waals surface area contributed by atoms with Gasteiger partial charge in [0.1, 0.15) is 12.4 Å². The number of benzene rings is 2. The van der Waals surface area contributed by atoms with Gasteiger partial charge in [-0.2, -0.15) is 0 Å². The minimum absolute atomic E-state index is 0.0753. The van der Waals surface area contributed by atoms with Gasteiger partial charge in [-0.1, -0.05) is 19.1 Å². The maximum atomic E-state index is 12.3. The molecule has 2 amide bonds. The molecule has 0 aliphatic rings. The van der Waals surface area contributed by atoms with Gasteiger partial charge in [-0.15, -0.1) is 0 Å². The van der Waals surface area contributed by atoms with Crippen LogP contribution in [-0.4, -0.2) is 44.2 Å². The summed E-state index contributed by atoms with van der Waals surface area (Å²) in [7, 11) is 0. The second kappa shape index (κ2) is 12.5. The predicted octanol–water partition coefficient (Wildman–Crippen LogP) is 3.68. The fraction of sp³-hybridized carbons (Fsp3) is 0.391. The average Bonchev–Trinajstić information content (AvgIpc) is 2.75. The largest absolute Gasteiger partial charge is 0.491 e. The lowest BCUT2D eigenvalue weighted by Crippen LogP contribution is -2.31. The Balaban J connectivity index is 1.85. The lowest BCUT2D eigenvalue weighted by molar-refractivity contribution is -0.114. The molecule has 0 radical (unpaired) electrons. The Morgan fingerprint density at radius 1 is 1.00 bits per heavy atom. The van der Waals surface area contributed by atoms with E-state index in [-0.39, 0.29) is 24.4 Å². The number of amides is 2. The highest BCUT2D eigenvalue weighted by Gasteiger charge is 2.09. The molecule has 0 aromatic heterocycles. The van der Waals surface area contributed by atoms with Crippen molar-refractivity contribution in [2.24, 2.45) is 0 Å². The van der Waals surface area contributed by atoms with Gasteiger partial charge < -0.3 is 25.4 Å². The van der Waals surface area contributed by atoms with Crippen LogP contribution in [-0.2, 0) is 9.53 Å². The van der Waals surface area contributed by atoms with Gasteiger partial charge in [0.25, 0.3) is 5.91 Å². The molecular formula is C23H31N3O4. The first-order valence-electron chi connectivity index (χ1n) is 10.3. The Labute approximate surface area is 178 Å². The Hall–Kier alpha value is -3.06.